The minimum absolute atomic E-state index is 0.0312. The van der Waals surface area contributed by atoms with Gasteiger partial charge in [-0.05, 0) is 42.0 Å². The van der Waals surface area contributed by atoms with E-state index in [2.05, 4.69) is 5.73 Å². The first-order chi connectivity index (χ1) is 13.3. The van der Waals surface area contributed by atoms with Crippen molar-refractivity contribution in [1.82, 2.24) is 0 Å². The molecule has 0 bridgehead atoms. The minimum atomic E-state index is -1.21. The first-order valence-corrected chi connectivity index (χ1v) is 8.29. The largest absolute Gasteiger partial charge is 0.508 e. The Bertz CT molecular complexity index is 1300. The summed E-state index contributed by atoms with van der Waals surface area (Å²) in [6.07, 6.45) is 0. The quantitative estimate of drug-likeness (QED) is 0.470. The number of carbonyl (C=O) groups excluding carboxylic acids is 1. The number of hydrogen-bond donors (Lipinski definition) is 3. The molecule has 2 aromatic rings. The Labute approximate surface area is 157 Å². The monoisotopic (exact) mass is 376 g/mol. The molecule has 2 aromatic carbocycles. The van der Waals surface area contributed by atoms with Crippen molar-refractivity contribution in [3.63, 3.8) is 0 Å². The average molecular weight is 376 g/mol. The Balaban J connectivity index is 2.17. The summed E-state index contributed by atoms with van der Waals surface area (Å²) in [5.41, 5.74) is 4.86. The predicted octanol–water partition coefficient (Wildman–Crippen LogP) is 2.35. The van der Waals surface area contributed by atoms with E-state index in [9.17, 15) is 24.6 Å². The maximum Gasteiger partial charge on any atom is 0.341 e. The van der Waals surface area contributed by atoms with Crippen LogP contribution in [0, 0.1) is 0 Å². The molecule has 1 heterocycles. The molecule has 0 saturated carbocycles. The number of carbonyl (C=O) groups is 2. The molecular weight excluding hydrogens is 362 g/mol. The Morgan fingerprint density at radius 3 is 2.39 bits per heavy atom. The van der Waals surface area contributed by atoms with Crippen molar-refractivity contribution in [2.24, 2.45) is 0 Å². The van der Waals surface area contributed by atoms with Gasteiger partial charge in [-0.1, -0.05) is 6.07 Å². The van der Waals surface area contributed by atoms with Crippen LogP contribution < -0.4 is 11.2 Å². The van der Waals surface area contributed by atoms with Crippen molar-refractivity contribution < 1.29 is 30.0 Å². The fraction of sp³-hybridized carbons (Fsp3) is 0. The lowest BCUT2D eigenvalue weighted by Gasteiger charge is -2.16. The van der Waals surface area contributed by atoms with Gasteiger partial charge in [0.15, 0.2) is 5.43 Å². The fourth-order valence-corrected chi connectivity index (χ4v) is 3.26. The molecule has 1 aliphatic heterocycles. The summed E-state index contributed by atoms with van der Waals surface area (Å²) in [7, 11) is 0. The Hall–Kier alpha value is -3.97. The lowest BCUT2D eigenvalue weighted by atomic mass is 9.90. The lowest BCUT2D eigenvalue weighted by Crippen LogP contribution is -2.56. The van der Waals surface area contributed by atoms with Crippen molar-refractivity contribution in [2.75, 3.05) is 0 Å². The Morgan fingerprint density at radius 1 is 0.929 bits per heavy atom. The van der Waals surface area contributed by atoms with Gasteiger partial charge < -0.3 is 14.6 Å². The van der Waals surface area contributed by atoms with Gasteiger partial charge in [-0.25, -0.2) is 9.59 Å². The zero-order valence-corrected chi connectivity index (χ0v) is 14.4. The summed E-state index contributed by atoms with van der Waals surface area (Å²) < 4.78 is 5.76. The third-order valence-electron chi connectivity index (χ3n) is 4.52. The molecule has 138 valence electrons. The number of carboxylic acid groups (broad SMARTS) is 1. The molecule has 0 aromatic heterocycles. The number of hydrogen-bond acceptors (Lipinski definition) is 5. The van der Waals surface area contributed by atoms with Crippen molar-refractivity contribution in [3.05, 3.63) is 75.9 Å². The van der Waals surface area contributed by atoms with E-state index >= 15 is 0 Å². The van der Waals surface area contributed by atoms with Crippen LogP contribution in [0.3, 0.4) is 0 Å². The molecule has 0 spiro atoms. The topological polar surface area (TPSA) is 132 Å². The van der Waals surface area contributed by atoms with E-state index in [-0.39, 0.29) is 28.1 Å². The van der Waals surface area contributed by atoms with Crippen LogP contribution in [0.5, 0.6) is 5.75 Å². The van der Waals surface area contributed by atoms with Crippen LogP contribution in [0.2, 0.25) is 0 Å². The van der Waals surface area contributed by atoms with Gasteiger partial charge in [-0.3, -0.25) is 10.5 Å². The Kier molecular flexibility index (Phi) is 3.94. The highest BCUT2D eigenvalue weighted by molar-refractivity contribution is 6.08. The number of phenolic OH excluding ortho intramolecular Hbond substituents is 1. The van der Waals surface area contributed by atoms with Gasteiger partial charge in [0.05, 0.1) is 11.1 Å². The van der Waals surface area contributed by atoms with Gasteiger partial charge in [0.2, 0.25) is 0 Å². The number of quaternary nitrogens is 1. The highest BCUT2D eigenvalue weighted by Gasteiger charge is 2.23. The van der Waals surface area contributed by atoms with E-state index in [0.29, 0.717) is 27.7 Å². The van der Waals surface area contributed by atoms with Crippen LogP contribution in [-0.4, -0.2) is 22.1 Å². The molecule has 0 saturated heterocycles. The van der Waals surface area contributed by atoms with E-state index in [1.54, 1.807) is 12.1 Å². The normalized spacial score (nSPS) is 11.0. The van der Waals surface area contributed by atoms with Crippen LogP contribution in [0.25, 0.3) is 33.4 Å². The summed E-state index contributed by atoms with van der Waals surface area (Å²) in [6.45, 7) is 0. The molecule has 0 unspecified atom stereocenters. The standard InChI is InChI=1S/C21H13NO6/c22-20(25)10-1-4-13(16(7-10)21(26)27)19-14-5-2-11(23)8-17(14)28-18-9-12(24)3-6-15(18)19/h1-9,23H,(H2,22,25)(H,26,27)/p+1. The van der Waals surface area contributed by atoms with Crippen LogP contribution >= 0.6 is 0 Å². The highest BCUT2D eigenvalue weighted by atomic mass is 16.4. The first-order valence-electron chi connectivity index (χ1n) is 8.29. The molecule has 0 radical (unpaired) electrons. The molecule has 5 N–H and O–H groups in total. The number of carboxylic acids is 1. The van der Waals surface area contributed by atoms with E-state index in [1.807, 2.05) is 0 Å². The summed E-state index contributed by atoms with van der Waals surface area (Å²) in [5.74, 6) is -1.47. The molecule has 7 heteroatoms. The summed E-state index contributed by atoms with van der Waals surface area (Å²) in [4.78, 5) is 35.3. The van der Waals surface area contributed by atoms with E-state index in [1.165, 1.54) is 42.5 Å². The molecule has 28 heavy (non-hydrogen) atoms. The third-order valence-corrected chi connectivity index (χ3v) is 4.52. The first kappa shape index (κ1) is 17.4. The molecule has 1 aliphatic carbocycles. The van der Waals surface area contributed by atoms with Gasteiger partial charge in [0.1, 0.15) is 17.1 Å². The van der Waals surface area contributed by atoms with E-state index in [4.69, 9.17) is 4.42 Å². The number of aromatic hydroxyl groups is 1. The second-order valence-corrected chi connectivity index (χ2v) is 6.30. The molecular formula is C21H14NO6+. The molecule has 1 amide bonds. The van der Waals surface area contributed by atoms with E-state index in [0.717, 1.165) is 0 Å². The second kappa shape index (κ2) is 6.33. The molecule has 4 rings (SSSR count). The number of amides is 1. The number of benzene rings is 3. The van der Waals surface area contributed by atoms with Crippen molar-refractivity contribution >= 4 is 22.8 Å². The van der Waals surface area contributed by atoms with Crippen LogP contribution in [-0.2, 0) is 0 Å². The zero-order chi connectivity index (χ0) is 20.0. The maximum atomic E-state index is 11.9. The SMILES string of the molecule is [NH3+]C(=O)c1ccc(-c2c3ccc(=O)cc-3oc3cc(O)ccc23)c(C(=O)O)c1. The summed E-state index contributed by atoms with van der Waals surface area (Å²) in [6, 6.07) is 13.0. The maximum absolute atomic E-state index is 11.9. The summed E-state index contributed by atoms with van der Waals surface area (Å²) >= 11 is 0. The molecule has 2 aliphatic rings. The summed E-state index contributed by atoms with van der Waals surface area (Å²) in [5, 5.41) is 20.1. The second-order valence-electron chi connectivity index (χ2n) is 6.30. The van der Waals surface area contributed by atoms with Crippen molar-refractivity contribution in [2.45, 2.75) is 0 Å². The average Bonchev–Trinajstić information content (AvgIpc) is 2.65. The van der Waals surface area contributed by atoms with Crippen molar-refractivity contribution in [3.8, 4) is 28.2 Å². The smallest absolute Gasteiger partial charge is 0.341 e. The van der Waals surface area contributed by atoms with Gasteiger partial charge in [-0.15, -0.1) is 0 Å². The van der Waals surface area contributed by atoms with Gasteiger partial charge >= 0.3 is 11.9 Å². The van der Waals surface area contributed by atoms with Crippen LogP contribution in [0.4, 0.5) is 0 Å². The van der Waals surface area contributed by atoms with Crippen LogP contribution in [0.15, 0.2) is 63.8 Å². The van der Waals surface area contributed by atoms with Gasteiger partial charge in [-0.2, -0.15) is 0 Å². The predicted molar refractivity (Wildman–Crippen MR) is 100 cm³/mol. The lowest BCUT2D eigenvalue weighted by molar-refractivity contribution is -0.255. The zero-order valence-electron chi connectivity index (χ0n) is 14.4. The highest BCUT2D eigenvalue weighted by Crippen LogP contribution is 2.41. The third kappa shape index (κ3) is 2.80. The van der Waals surface area contributed by atoms with Gasteiger partial charge in [0, 0.05) is 28.6 Å². The molecule has 0 atom stereocenters. The van der Waals surface area contributed by atoms with Gasteiger partial charge in [0.25, 0.3) is 0 Å². The molecule has 7 nitrogen and oxygen atoms in total. The number of aromatic carboxylic acids is 1. The molecule has 0 fully saturated rings. The fourth-order valence-electron chi connectivity index (χ4n) is 3.26. The minimum Gasteiger partial charge on any atom is -0.508 e. The van der Waals surface area contributed by atoms with Crippen molar-refractivity contribution in [1.29, 1.82) is 0 Å². The van der Waals surface area contributed by atoms with Crippen LogP contribution in [0.1, 0.15) is 20.7 Å². The number of rotatable bonds is 3. The number of phenols is 1. The Morgan fingerprint density at radius 2 is 1.68 bits per heavy atom. The number of fused-ring (bicyclic) bond motifs is 2. The van der Waals surface area contributed by atoms with E-state index < -0.39 is 11.9 Å².